The molecule has 1 aliphatic carbocycles. The smallest absolute Gasteiger partial charge is 0.319 e. The summed E-state index contributed by atoms with van der Waals surface area (Å²) in [5.41, 5.74) is 0. The Labute approximate surface area is 84.4 Å². The van der Waals surface area contributed by atoms with Gasteiger partial charge in [-0.05, 0) is 12.8 Å². The van der Waals surface area contributed by atoms with Gasteiger partial charge in [-0.15, -0.1) is 0 Å². The van der Waals surface area contributed by atoms with Crippen LogP contribution in [0.15, 0.2) is 0 Å². The number of ether oxygens (including phenoxy) is 1. The monoisotopic (exact) mass is 196 g/mol. The van der Waals surface area contributed by atoms with E-state index < -0.39 is 0 Å². The minimum absolute atomic E-state index is 0.245. The molecule has 0 spiro atoms. The van der Waals surface area contributed by atoms with Crippen LogP contribution in [-0.2, 0) is 9.53 Å². The van der Waals surface area contributed by atoms with Gasteiger partial charge in [0.1, 0.15) is 0 Å². The number of carbonyl (C=O) groups is 1. The molecule has 0 aliphatic heterocycles. The molecule has 0 radical (unpaired) electrons. The molecule has 4 nitrogen and oxygen atoms in total. The number of hydrogen-bond donors (Lipinski definition) is 0. The van der Waals surface area contributed by atoms with E-state index in [0.29, 0.717) is 12.6 Å². The average Bonchev–Trinajstić information content (AvgIpc) is 2.69. The molecular formula is C10H16N2O2. The van der Waals surface area contributed by atoms with E-state index in [1.807, 2.05) is 4.90 Å². The molecule has 0 saturated heterocycles. The highest BCUT2D eigenvalue weighted by Gasteiger charge is 2.24. The largest absolute Gasteiger partial charge is 0.468 e. The van der Waals surface area contributed by atoms with Gasteiger partial charge in [0.15, 0.2) is 0 Å². The molecule has 0 aromatic heterocycles. The summed E-state index contributed by atoms with van der Waals surface area (Å²) in [6.45, 7) is 0.564. The molecule has 0 bridgehead atoms. The normalized spacial score (nSPS) is 16.9. The zero-order valence-electron chi connectivity index (χ0n) is 8.53. The van der Waals surface area contributed by atoms with E-state index in [1.165, 1.54) is 20.0 Å². The van der Waals surface area contributed by atoms with Crippen LogP contribution in [0.4, 0.5) is 0 Å². The zero-order chi connectivity index (χ0) is 10.4. The van der Waals surface area contributed by atoms with E-state index in [-0.39, 0.29) is 12.5 Å². The molecule has 1 rings (SSSR count). The maximum atomic E-state index is 11.1. The maximum Gasteiger partial charge on any atom is 0.319 e. The maximum absolute atomic E-state index is 11.1. The van der Waals surface area contributed by atoms with Crippen molar-refractivity contribution in [2.24, 2.45) is 0 Å². The Morgan fingerprint density at radius 3 is 2.71 bits per heavy atom. The summed E-state index contributed by atoms with van der Waals surface area (Å²) in [4.78, 5) is 13.0. The second kappa shape index (κ2) is 5.61. The lowest BCUT2D eigenvalue weighted by Crippen LogP contribution is -2.38. The minimum Gasteiger partial charge on any atom is -0.468 e. The molecule has 1 fully saturated rings. The third-order valence-electron chi connectivity index (χ3n) is 2.67. The van der Waals surface area contributed by atoms with Gasteiger partial charge in [0, 0.05) is 6.04 Å². The fourth-order valence-electron chi connectivity index (χ4n) is 1.90. The van der Waals surface area contributed by atoms with Crippen molar-refractivity contribution in [2.75, 3.05) is 20.2 Å². The van der Waals surface area contributed by atoms with Crippen LogP contribution in [0.3, 0.4) is 0 Å². The number of rotatable bonds is 4. The van der Waals surface area contributed by atoms with Crippen LogP contribution in [0.5, 0.6) is 0 Å². The quantitative estimate of drug-likeness (QED) is 0.495. The third kappa shape index (κ3) is 3.00. The van der Waals surface area contributed by atoms with Crippen molar-refractivity contribution < 1.29 is 9.53 Å². The zero-order valence-corrected chi connectivity index (χ0v) is 8.53. The first kappa shape index (κ1) is 11.0. The molecule has 0 aromatic rings. The molecule has 78 valence electrons. The first-order chi connectivity index (χ1) is 6.77. The Hall–Kier alpha value is -1.08. The molecule has 0 unspecified atom stereocenters. The van der Waals surface area contributed by atoms with Crippen molar-refractivity contribution in [1.82, 2.24) is 4.90 Å². The van der Waals surface area contributed by atoms with Crippen LogP contribution in [0.2, 0.25) is 0 Å². The third-order valence-corrected chi connectivity index (χ3v) is 2.67. The highest BCUT2D eigenvalue weighted by Crippen LogP contribution is 2.22. The Morgan fingerprint density at radius 1 is 1.57 bits per heavy atom. The Bertz CT molecular complexity index is 229. The molecule has 1 aliphatic rings. The molecular weight excluding hydrogens is 180 g/mol. The van der Waals surface area contributed by atoms with Gasteiger partial charge in [-0.25, -0.2) is 0 Å². The van der Waals surface area contributed by atoms with Gasteiger partial charge in [0.2, 0.25) is 0 Å². The number of esters is 1. The van der Waals surface area contributed by atoms with E-state index in [2.05, 4.69) is 10.8 Å². The van der Waals surface area contributed by atoms with Gasteiger partial charge in [-0.2, -0.15) is 5.26 Å². The van der Waals surface area contributed by atoms with E-state index in [9.17, 15) is 4.79 Å². The van der Waals surface area contributed by atoms with Gasteiger partial charge in [-0.3, -0.25) is 9.69 Å². The highest BCUT2D eigenvalue weighted by molar-refractivity contribution is 5.71. The first-order valence-corrected chi connectivity index (χ1v) is 4.95. The molecule has 0 atom stereocenters. The fraction of sp³-hybridized carbons (Fsp3) is 0.800. The van der Waals surface area contributed by atoms with Gasteiger partial charge < -0.3 is 4.74 Å². The lowest BCUT2D eigenvalue weighted by atomic mass is 10.2. The predicted molar refractivity (Wildman–Crippen MR) is 51.5 cm³/mol. The number of nitriles is 1. The highest BCUT2D eigenvalue weighted by atomic mass is 16.5. The summed E-state index contributed by atoms with van der Waals surface area (Å²) in [5.74, 6) is -0.257. The van der Waals surface area contributed by atoms with Crippen LogP contribution >= 0.6 is 0 Å². The van der Waals surface area contributed by atoms with Crippen molar-refractivity contribution in [3.63, 3.8) is 0 Å². The van der Waals surface area contributed by atoms with E-state index in [0.717, 1.165) is 12.8 Å². The van der Waals surface area contributed by atoms with Crippen LogP contribution in [0, 0.1) is 11.3 Å². The second-order valence-corrected chi connectivity index (χ2v) is 3.58. The summed E-state index contributed by atoms with van der Waals surface area (Å²) in [6.07, 6.45) is 4.60. The summed E-state index contributed by atoms with van der Waals surface area (Å²) in [7, 11) is 1.38. The summed E-state index contributed by atoms with van der Waals surface area (Å²) >= 11 is 0. The Kier molecular flexibility index (Phi) is 4.41. The second-order valence-electron chi connectivity index (χ2n) is 3.58. The van der Waals surface area contributed by atoms with Crippen LogP contribution in [0.1, 0.15) is 25.7 Å². The number of methoxy groups -OCH3 is 1. The van der Waals surface area contributed by atoms with Gasteiger partial charge in [0.05, 0.1) is 26.3 Å². The summed E-state index contributed by atoms with van der Waals surface area (Å²) < 4.78 is 4.60. The average molecular weight is 196 g/mol. The topological polar surface area (TPSA) is 53.3 Å². The lowest BCUT2D eigenvalue weighted by molar-refractivity contribution is -0.142. The minimum atomic E-state index is -0.257. The van der Waals surface area contributed by atoms with Crippen LogP contribution < -0.4 is 0 Å². The Balaban J connectivity index is 2.45. The molecule has 0 aromatic carbocycles. The van der Waals surface area contributed by atoms with Crippen molar-refractivity contribution in [3.8, 4) is 6.07 Å². The molecule has 4 heteroatoms. The fourth-order valence-corrected chi connectivity index (χ4v) is 1.90. The molecule has 0 heterocycles. The number of carbonyl (C=O) groups excluding carboxylic acids is 1. The standard InChI is InChI=1S/C10H16N2O2/c1-14-10(13)8-12(7-6-11)9-4-2-3-5-9/h9H,2-5,7-8H2,1H3. The van der Waals surface area contributed by atoms with E-state index in [1.54, 1.807) is 0 Å². The molecule has 0 N–H and O–H groups in total. The van der Waals surface area contributed by atoms with Gasteiger partial charge in [0.25, 0.3) is 0 Å². The van der Waals surface area contributed by atoms with Crippen LogP contribution in [0.25, 0.3) is 0 Å². The lowest BCUT2D eigenvalue weighted by Gasteiger charge is -2.24. The van der Waals surface area contributed by atoms with E-state index in [4.69, 9.17) is 5.26 Å². The molecule has 1 saturated carbocycles. The van der Waals surface area contributed by atoms with Gasteiger partial charge in [-0.1, -0.05) is 12.8 Å². The van der Waals surface area contributed by atoms with Crippen molar-refractivity contribution >= 4 is 5.97 Å². The predicted octanol–water partition coefficient (Wildman–Crippen LogP) is 0.928. The van der Waals surface area contributed by atoms with Crippen LogP contribution in [-0.4, -0.2) is 37.1 Å². The Morgan fingerprint density at radius 2 is 2.21 bits per heavy atom. The molecule has 14 heavy (non-hydrogen) atoms. The first-order valence-electron chi connectivity index (χ1n) is 4.95. The number of nitrogens with zero attached hydrogens (tertiary/aromatic N) is 2. The summed E-state index contributed by atoms with van der Waals surface area (Å²) in [5, 5.41) is 8.64. The number of hydrogen-bond acceptors (Lipinski definition) is 4. The summed E-state index contributed by atoms with van der Waals surface area (Å²) in [6, 6.07) is 2.49. The van der Waals surface area contributed by atoms with Crippen molar-refractivity contribution in [3.05, 3.63) is 0 Å². The SMILES string of the molecule is COC(=O)CN(CC#N)C1CCCC1. The van der Waals surface area contributed by atoms with Crippen molar-refractivity contribution in [2.45, 2.75) is 31.7 Å². The molecule has 0 amide bonds. The van der Waals surface area contributed by atoms with Gasteiger partial charge >= 0.3 is 5.97 Å². The van der Waals surface area contributed by atoms with Crippen molar-refractivity contribution in [1.29, 1.82) is 5.26 Å². The van der Waals surface area contributed by atoms with E-state index >= 15 is 0 Å².